The molecule has 1 aromatic carbocycles. The fraction of sp³-hybridized carbons (Fsp3) is 0.429. The molecule has 19 heavy (non-hydrogen) atoms. The zero-order valence-electron chi connectivity index (χ0n) is 10.9. The van der Waals surface area contributed by atoms with Crippen molar-refractivity contribution in [2.45, 2.75) is 32.7 Å². The highest BCUT2D eigenvalue weighted by Crippen LogP contribution is 2.09. The van der Waals surface area contributed by atoms with Gasteiger partial charge in [0.15, 0.2) is 0 Å². The Morgan fingerprint density at radius 1 is 1.32 bits per heavy atom. The number of amides is 1. The first-order valence-electron chi connectivity index (χ1n) is 6.27. The Balaban J connectivity index is 2.52. The summed E-state index contributed by atoms with van der Waals surface area (Å²) >= 11 is 0. The fourth-order valence-corrected chi connectivity index (χ4v) is 1.78. The van der Waals surface area contributed by atoms with Gasteiger partial charge in [0.2, 0.25) is 5.91 Å². The number of halogens is 1. The lowest BCUT2D eigenvalue weighted by atomic mass is 10.1. The third kappa shape index (κ3) is 5.50. The number of hydrogen-bond acceptors (Lipinski definition) is 2. The van der Waals surface area contributed by atoms with Gasteiger partial charge in [-0.3, -0.25) is 9.59 Å². The van der Waals surface area contributed by atoms with Gasteiger partial charge < -0.3 is 10.0 Å². The van der Waals surface area contributed by atoms with Crippen LogP contribution in [0.4, 0.5) is 4.39 Å². The number of carboxylic acid groups (broad SMARTS) is 1. The summed E-state index contributed by atoms with van der Waals surface area (Å²) in [5.74, 6) is -1.33. The van der Waals surface area contributed by atoms with Crippen LogP contribution in [0.2, 0.25) is 0 Å². The molecular weight excluding hydrogens is 249 g/mol. The third-order valence-electron chi connectivity index (χ3n) is 2.78. The Morgan fingerprint density at radius 3 is 2.63 bits per heavy atom. The Labute approximate surface area is 111 Å². The van der Waals surface area contributed by atoms with Crippen molar-refractivity contribution in [2.24, 2.45) is 0 Å². The highest BCUT2D eigenvalue weighted by Gasteiger charge is 2.12. The van der Waals surface area contributed by atoms with Gasteiger partial charge in [0.1, 0.15) is 5.82 Å². The maximum Gasteiger partial charge on any atom is 0.303 e. The topological polar surface area (TPSA) is 57.6 Å². The number of carboxylic acids is 1. The van der Waals surface area contributed by atoms with Crippen molar-refractivity contribution >= 4 is 11.9 Å². The Morgan fingerprint density at radius 2 is 2.05 bits per heavy atom. The molecule has 0 bridgehead atoms. The molecule has 0 aliphatic carbocycles. The average molecular weight is 267 g/mol. The minimum atomic E-state index is -0.902. The van der Waals surface area contributed by atoms with Crippen molar-refractivity contribution in [2.75, 3.05) is 6.54 Å². The molecule has 4 nitrogen and oxygen atoms in total. The van der Waals surface area contributed by atoms with Crippen LogP contribution in [0.25, 0.3) is 0 Å². The lowest BCUT2D eigenvalue weighted by Gasteiger charge is -2.21. The van der Waals surface area contributed by atoms with Gasteiger partial charge in [-0.05, 0) is 31.0 Å². The largest absolute Gasteiger partial charge is 0.481 e. The van der Waals surface area contributed by atoms with Crippen LogP contribution in [0.1, 0.15) is 31.7 Å². The maximum absolute atomic E-state index is 13.0. The summed E-state index contributed by atoms with van der Waals surface area (Å²) in [5.41, 5.74) is 0.730. The van der Waals surface area contributed by atoms with Crippen LogP contribution in [0.5, 0.6) is 0 Å². The van der Waals surface area contributed by atoms with Crippen LogP contribution in [0, 0.1) is 5.82 Å². The van der Waals surface area contributed by atoms with Crippen LogP contribution >= 0.6 is 0 Å². The van der Waals surface area contributed by atoms with Crippen LogP contribution in [-0.2, 0) is 16.1 Å². The molecule has 1 N–H and O–H groups in total. The van der Waals surface area contributed by atoms with Gasteiger partial charge in [0.05, 0.1) is 0 Å². The number of rotatable bonds is 7. The molecule has 1 aromatic rings. The number of benzene rings is 1. The Kier molecular flexibility index (Phi) is 5.99. The summed E-state index contributed by atoms with van der Waals surface area (Å²) in [6, 6.07) is 6.12. The van der Waals surface area contributed by atoms with E-state index in [1.807, 2.05) is 6.92 Å². The van der Waals surface area contributed by atoms with Crippen molar-refractivity contribution in [1.82, 2.24) is 4.90 Å². The van der Waals surface area contributed by atoms with Crippen LogP contribution in [0.15, 0.2) is 24.3 Å². The molecule has 0 aliphatic rings. The van der Waals surface area contributed by atoms with Crippen molar-refractivity contribution in [3.63, 3.8) is 0 Å². The second-order valence-corrected chi connectivity index (χ2v) is 4.29. The zero-order chi connectivity index (χ0) is 14.3. The minimum Gasteiger partial charge on any atom is -0.481 e. The van der Waals surface area contributed by atoms with Gasteiger partial charge in [-0.2, -0.15) is 0 Å². The Bertz CT molecular complexity index is 448. The molecule has 0 radical (unpaired) electrons. The lowest BCUT2D eigenvalue weighted by Crippen LogP contribution is -2.30. The summed E-state index contributed by atoms with van der Waals surface area (Å²) in [6.07, 6.45) is 0.520. The van der Waals surface area contributed by atoms with E-state index in [0.29, 0.717) is 19.5 Å². The van der Waals surface area contributed by atoms with E-state index in [4.69, 9.17) is 5.11 Å². The van der Waals surface area contributed by atoms with Crippen molar-refractivity contribution in [3.8, 4) is 0 Å². The van der Waals surface area contributed by atoms with Gasteiger partial charge in [-0.25, -0.2) is 4.39 Å². The average Bonchev–Trinajstić information content (AvgIpc) is 2.35. The molecule has 0 saturated carbocycles. The van der Waals surface area contributed by atoms with E-state index >= 15 is 0 Å². The second kappa shape index (κ2) is 7.51. The van der Waals surface area contributed by atoms with Crippen molar-refractivity contribution in [3.05, 3.63) is 35.6 Å². The first-order valence-corrected chi connectivity index (χ1v) is 6.27. The molecule has 1 amide bonds. The van der Waals surface area contributed by atoms with Crippen molar-refractivity contribution < 1.29 is 19.1 Å². The van der Waals surface area contributed by atoms with E-state index in [1.165, 1.54) is 12.1 Å². The van der Waals surface area contributed by atoms with E-state index in [2.05, 4.69) is 0 Å². The van der Waals surface area contributed by atoms with Crippen LogP contribution < -0.4 is 0 Å². The SMILES string of the molecule is CCN(Cc1cccc(F)c1)C(=O)CCCC(=O)O. The molecule has 0 saturated heterocycles. The lowest BCUT2D eigenvalue weighted by molar-refractivity contribution is -0.137. The van der Waals surface area contributed by atoms with E-state index in [9.17, 15) is 14.0 Å². The molecule has 0 fully saturated rings. The van der Waals surface area contributed by atoms with E-state index in [-0.39, 0.29) is 24.6 Å². The standard InChI is InChI=1S/C14H18FNO3/c1-2-16(13(17)7-4-8-14(18)19)10-11-5-3-6-12(15)9-11/h3,5-6,9H,2,4,7-8,10H2,1H3,(H,18,19). The first-order chi connectivity index (χ1) is 9.02. The highest BCUT2D eigenvalue weighted by atomic mass is 19.1. The fourth-order valence-electron chi connectivity index (χ4n) is 1.78. The van der Waals surface area contributed by atoms with Crippen LogP contribution in [-0.4, -0.2) is 28.4 Å². The molecule has 104 valence electrons. The summed E-state index contributed by atoms with van der Waals surface area (Å²) < 4.78 is 13.0. The molecule has 0 spiro atoms. The number of aliphatic carboxylic acids is 1. The van der Waals surface area contributed by atoms with Gasteiger partial charge >= 0.3 is 5.97 Å². The van der Waals surface area contributed by atoms with Crippen LogP contribution in [0.3, 0.4) is 0 Å². The summed E-state index contributed by atoms with van der Waals surface area (Å²) in [7, 11) is 0. The maximum atomic E-state index is 13.0. The van der Waals surface area contributed by atoms with Gasteiger partial charge in [-0.15, -0.1) is 0 Å². The van der Waals surface area contributed by atoms with Gasteiger partial charge in [-0.1, -0.05) is 12.1 Å². The number of carbonyl (C=O) groups is 2. The third-order valence-corrected chi connectivity index (χ3v) is 2.78. The van der Waals surface area contributed by atoms with E-state index in [0.717, 1.165) is 5.56 Å². The Hall–Kier alpha value is -1.91. The summed E-state index contributed by atoms with van der Waals surface area (Å²) in [6.45, 7) is 2.71. The predicted octanol–water partition coefficient (Wildman–Crippen LogP) is 2.43. The summed E-state index contributed by atoms with van der Waals surface area (Å²) in [4.78, 5) is 23.9. The number of nitrogens with zero attached hydrogens (tertiary/aromatic N) is 1. The molecule has 1 rings (SSSR count). The molecule has 0 aliphatic heterocycles. The molecule has 5 heteroatoms. The smallest absolute Gasteiger partial charge is 0.303 e. The zero-order valence-corrected chi connectivity index (χ0v) is 10.9. The molecular formula is C14H18FNO3. The number of hydrogen-bond donors (Lipinski definition) is 1. The molecule has 0 aromatic heterocycles. The predicted molar refractivity (Wildman–Crippen MR) is 69.0 cm³/mol. The summed E-state index contributed by atoms with van der Waals surface area (Å²) in [5, 5.41) is 8.52. The molecule has 0 heterocycles. The quantitative estimate of drug-likeness (QED) is 0.825. The highest BCUT2D eigenvalue weighted by molar-refractivity contribution is 5.77. The van der Waals surface area contributed by atoms with Gasteiger partial charge in [0, 0.05) is 25.9 Å². The number of carbonyl (C=O) groups excluding carboxylic acids is 1. The van der Waals surface area contributed by atoms with E-state index in [1.54, 1.807) is 17.0 Å². The monoisotopic (exact) mass is 267 g/mol. The normalized spacial score (nSPS) is 10.2. The second-order valence-electron chi connectivity index (χ2n) is 4.29. The minimum absolute atomic E-state index is 0.0107. The van der Waals surface area contributed by atoms with Gasteiger partial charge in [0.25, 0.3) is 0 Å². The molecule has 0 unspecified atom stereocenters. The van der Waals surface area contributed by atoms with E-state index < -0.39 is 5.97 Å². The molecule has 0 atom stereocenters. The van der Waals surface area contributed by atoms with Crippen molar-refractivity contribution in [1.29, 1.82) is 0 Å². The first kappa shape index (κ1) is 15.1.